The number of hydrogen-bond donors (Lipinski definition) is 1. The van der Waals surface area contributed by atoms with E-state index in [1.165, 1.54) is 32.8 Å². The Hall–Kier alpha value is -0.610. The van der Waals surface area contributed by atoms with Crippen LogP contribution in [-0.4, -0.2) is 37.4 Å². The fourth-order valence-corrected chi connectivity index (χ4v) is 3.29. The summed E-state index contributed by atoms with van der Waals surface area (Å²) in [5.41, 5.74) is -0.621. The van der Waals surface area contributed by atoms with E-state index in [9.17, 15) is 4.79 Å². The standard InChI is InChI=1S/C17H33NO3/c1-13(2)18-17(4,16(19)20-5)11-8-12-21-15-10-7-6-9-14(15)3/h13-15,18H,6-12H2,1-5H3. The maximum atomic E-state index is 12.0. The van der Waals surface area contributed by atoms with Crippen molar-refractivity contribution in [1.29, 1.82) is 0 Å². The van der Waals surface area contributed by atoms with E-state index in [0.29, 0.717) is 12.0 Å². The average molecular weight is 299 g/mol. The lowest BCUT2D eigenvalue weighted by atomic mass is 9.88. The highest BCUT2D eigenvalue weighted by Crippen LogP contribution is 2.26. The first-order valence-electron chi connectivity index (χ1n) is 8.36. The summed E-state index contributed by atoms with van der Waals surface area (Å²) < 4.78 is 11.0. The SMILES string of the molecule is COC(=O)C(C)(CCCOC1CCCCC1C)NC(C)C. The molecule has 4 heteroatoms. The summed E-state index contributed by atoms with van der Waals surface area (Å²) in [4.78, 5) is 12.0. The molecule has 0 radical (unpaired) electrons. The first-order chi connectivity index (χ1) is 9.89. The predicted octanol–water partition coefficient (Wildman–Crippen LogP) is 3.29. The largest absolute Gasteiger partial charge is 0.468 e. The van der Waals surface area contributed by atoms with Gasteiger partial charge in [0.25, 0.3) is 0 Å². The molecule has 4 nitrogen and oxygen atoms in total. The van der Waals surface area contributed by atoms with Gasteiger partial charge in [0.05, 0.1) is 13.2 Å². The molecule has 0 amide bonds. The first-order valence-corrected chi connectivity index (χ1v) is 8.36. The van der Waals surface area contributed by atoms with Gasteiger partial charge < -0.3 is 9.47 Å². The maximum absolute atomic E-state index is 12.0. The van der Waals surface area contributed by atoms with Crippen molar-refractivity contribution in [2.24, 2.45) is 5.92 Å². The summed E-state index contributed by atoms with van der Waals surface area (Å²) in [6.07, 6.45) is 7.08. The lowest BCUT2D eigenvalue weighted by Gasteiger charge is -2.31. The second-order valence-electron chi connectivity index (χ2n) is 6.90. The molecule has 0 aromatic rings. The molecule has 0 aromatic heterocycles. The highest BCUT2D eigenvalue weighted by molar-refractivity contribution is 5.80. The molecule has 0 heterocycles. The van der Waals surface area contributed by atoms with Gasteiger partial charge in [0.2, 0.25) is 0 Å². The van der Waals surface area contributed by atoms with Crippen molar-refractivity contribution in [3.63, 3.8) is 0 Å². The number of rotatable bonds is 8. The number of esters is 1. The molecule has 1 aliphatic rings. The zero-order chi connectivity index (χ0) is 15.9. The molecule has 124 valence electrons. The summed E-state index contributed by atoms with van der Waals surface area (Å²) >= 11 is 0. The Morgan fingerprint density at radius 3 is 2.57 bits per heavy atom. The van der Waals surface area contributed by atoms with Crippen molar-refractivity contribution in [2.45, 2.75) is 83.9 Å². The molecule has 1 saturated carbocycles. The molecule has 1 rings (SSSR count). The van der Waals surface area contributed by atoms with Crippen LogP contribution in [0, 0.1) is 5.92 Å². The minimum atomic E-state index is -0.621. The topological polar surface area (TPSA) is 47.6 Å². The van der Waals surface area contributed by atoms with E-state index in [4.69, 9.17) is 9.47 Å². The van der Waals surface area contributed by atoms with Gasteiger partial charge in [0, 0.05) is 12.6 Å². The molecule has 0 spiro atoms. The Balaban J connectivity index is 2.37. The third-order valence-corrected chi connectivity index (χ3v) is 4.43. The Morgan fingerprint density at radius 2 is 2.00 bits per heavy atom. The van der Waals surface area contributed by atoms with Crippen molar-refractivity contribution in [3.05, 3.63) is 0 Å². The van der Waals surface area contributed by atoms with Crippen LogP contribution < -0.4 is 5.32 Å². The van der Waals surface area contributed by atoms with Crippen molar-refractivity contribution in [3.8, 4) is 0 Å². The van der Waals surface area contributed by atoms with E-state index in [1.807, 2.05) is 20.8 Å². The van der Waals surface area contributed by atoms with Crippen LogP contribution in [0.4, 0.5) is 0 Å². The number of ether oxygens (including phenoxy) is 2. The summed E-state index contributed by atoms with van der Waals surface area (Å²) in [7, 11) is 1.45. The second-order valence-corrected chi connectivity index (χ2v) is 6.90. The molecule has 1 N–H and O–H groups in total. The van der Waals surface area contributed by atoms with Crippen molar-refractivity contribution >= 4 is 5.97 Å². The normalized spacial score (nSPS) is 25.6. The monoisotopic (exact) mass is 299 g/mol. The van der Waals surface area contributed by atoms with Gasteiger partial charge in [-0.05, 0) is 52.4 Å². The van der Waals surface area contributed by atoms with E-state index in [-0.39, 0.29) is 12.0 Å². The third kappa shape index (κ3) is 5.95. The van der Waals surface area contributed by atoms with E-state index in [2.05, 4.69) is 12.2 Å². The highest BCUT2D eigenvalue weighted by Gasteiger charge is 2.34. The van der Waals surface area contributed by atoms with Crippen molar-refractivity contribution in [2.75, 3.05) is 13.7 Å². The molecule has 21 heavy (non-hydrogen) atoms. The summed E-state index contributed by atoms with van der Waals surface area (Å²) in [5.74, 6) is 0.474. The van der Waals surface area contributed by atoms with Crippen molar-refractivity contribution in [1.82, 2.24) is 5.32 Å². The minimum Gasteiger partial charge on any atom is -0.468 e. The van der Waals surface area contributed by atoms with Gasteiger partial charge in [-0.15, -0.1) is 0 Å². The van der Waals surface area contributed by atoms with Crippen LogP contribution in [0.1, 0.15) is 66.2 Å². The molecule has 3 unspecified atom stereocenters. The summed E-state index contributed by atoms with van der Waals surface area (Å²) in [5, 5.41) is 3.32. The molecule has 0 saturated heterocycles. The van der Waals surface area contributed by atoms with Crippen LogP contribution in [0.5, 0.6) is 0 Å². The number of hydrogen-bond acceptors (Lipinski definition) is 4. The average Bonchev–Trinajstić information content (AvgIpc) is 2.43. The summed E-state index contributed by atoms with van der Waals surface area (Å²) in [6.45, 7) is 9.01. The smallest absolute Gasteiger partial charge is 0.325 e. The molecular weight excluding hydrogens is 266 g/mol. The maximum Gasteiger partial charge on any atom is 0.325 e. The van der Waals surface area contributed by atoms with Gasteiger partial charge in [-0.2, -0.15) is 0 Å². The molecule has 3 atom stereocenters. The van der Waals surface area contributed by atoms with E-state index in [1.54, 1.807) is 0 Å². The first kappa shape index (κ1) is 18.4. The van der Waals surface area contributed by atoms with Gasteiger partial charge in [-0.3, -0.25) is 10.1 Å². The Labute approximate surface area is 130 Å². The number of nitrogens with one attached hydrogen (secondary N) is 1. The molecule has 0 aromatic carbocycles. The van der Waals surface area contributed by atoms with Crippen LogP contribution in [-0.2, 0) is 14.3 Å². The Kier molecular flexibility index (Phi) is 7.67. The van der Waals surface area contributed by atoms with Gasteiger partial charge in [-0.25, -0.2) is 0 Å². The van der Waals surface area contributed by atoms with Gasteiger partial charge in [0.1, 0.15) is 5.54 Å². The lowest BCUT2D eigenvalue weighted by Crippen LogP contribution is -2.53. The molecule has 0 aliphatic heterocycles. The predicted molar refractivity (Wildman–Crippen MR) is 85.3 cm³/mol. The van der Waals surface area contributed by atoms with Crippen LogP contribution in [0.15, 0.2) is 0 Å². The lowest BCUT2D eigenvalue weighted by molar-refractivity contribution is -0.148. The van der Waals surface area contributed by atoms with Crippen molar-refractivity contribution < 1.29 is 14.3 Å². The quantitative estimate of drug-likeness (QED) is 0.552. The van der Waals surface area contributed by atoms with Gasteiger partial charge in [-0.1, -0.05) is 19.8 Å². The second kappa shape index (κ2) is 8.74. The summed E-state index contributed by atoms with van der Waals surface area (Å²) in [6, 6.07) is 0.244. The van der Waals surface area contributed by atoms with Crippen LogP contribution >= 0.6 is 0 Å². The third-order valence-electron chi connectivity index (χ3n) is 4.43. The number of carbonyl (C=O) groups is 1. The fraction of sp³-hybridized carbons (Fsp3) is 0.941. The van der Waals surface area contributed by atoms with E-state index in [0.717, 1.165) is 19.4 Å². The van der Waals surface area contributed by atoms with Crippen LogP contribution in [0.3, 0.4) is 0 Å². The van der Waals surface area contributed by atoms with Crippen LogP contribution in [0.2, 0.25) is 0 Å². The number of carbonyl (C=O) groups excluding carboxylic acids is 1. The molecular formula is C17H33NO3. The van der Waals surface area contributed by atoms with Crippen LogP contribution in [0.25, 0.3) is 0 Å². The molecule has 1 fully saturated rings. The Morgan fingerprint density at radius 1 is 1.33 bits per heavy atom. The van der Waals surface area contributed by atoms with E-state index < -0.39 is 5.54 Å². The zero-order valence-electron chi connectivity index (χ0n) is 14.4. The Bertz CT molecular complexity index is 319. The molecule has 0 bridgehead atoms. The fourth-order valence-electron chi connectivity index (χ4n) is 3.29. The van der Waals surface area contributed by atoms with Gasteiger partial charge >= 0.3 is 5.97 Å². The minimum absolute atomic E-state index is 0.192. The van der Waals surface area contributed by atoms with Gasteiger partial charge in [0.15, 0.2) is 0 Å². The zero-order valence-corrected chi connectivity index (χ0v) is 14.4. The molecule has 1 aliphatic carbocycles. The van der Waals surface area contributed by atoms with E-state index >= 15 is 0 Å². The number of methoxy groups -OCH3 is 1. The highest BCUT2D eigenvalue weighted by atomic mass is 16.5.